The SMILES string of the molecule is CC(C)[C@H](O)[C@H](N)c1ccc(F)cc1F.Cl. The van der Waals surface area contributed by atoms with Gasteiger partial charge < -0.3 is 10.8 Å². The molecule has 1 aromatic carbocycles. The van der Waals surface area contributed by atoms with Gasteiger partial charge >= 0.3 is 0 Å². The molecule has 0 aromatic heterocycles. The molecule has 92 valence electrons. The fourth-order valence-corrected chi connectivity index (χ4v) is 1.37. The Kier molecular flexibility index (Phi) is 5.86. The Morgan fingerprint density at radius 3 is 2.25 bits per heavy atom. The molecule has 1 aromatic rings. The highest BCUT2D eigenvalue weighted by Gasteiger charge is 2.22. The zero-order chi connectivity index (χ0) is 11.6. The lowest BCUT2D eigenvalue weighted by molar-refractivity contribution is 0.0966. The highest BCUT2D eigenvalue weighted by molar-refractivity contribution is 5.85. The monoisotopic (exact) mass is 251 g/mol. The molecule has 0 spiro atoms. The number of rotatable bonds is 3. The molecule has 0 fully saturated rings. The van der Waals surface area contributed by atoms with Crippen molar-refractivity contribution in [3.8, 4) is 0 Å². The van der Waals surface area contributed by atoms with Crippen molar-refractivity contribution in [1.82, 2.24) is 0 Å². The summed E-state index contributed by atoms with van der Waals surface area (Å²) < 4.78 is 25.9. The molecule has 0 bridgehead atoms. The van der Waals surface area contributed by atoms with E-state index < -0.39 is 23.8 Å². The topological polar surface area (TPSA) is 46.2 Å². The summed E-state index contributed by atoms with van der Waals surface area (Å²) in [6.07, 6.45) is -0.843. The summed E-state index contributed by atoms with van der Waals surface area (Å²) in [7, 11) is 0. The Morgan fingerprint density at radius 1 is 1.25 bits per heavy atom. The van der Waals surface area contributed by atoms with Gasteiger partial charge in [-0.2, -0.15) is 0 Å². The van der Waals surface area contributed by atoms with Gasteiger partial charge in [0.15, 0.2) is 0 Å². The van der Waals surface area contributed by atoms with Crippen LogP contribution in [0.4, 0.5) is 8.78 Å². The van der Waals surface area contributed by atoms with E-state index >= 15 is 0 Å². The van der Waals surface area contributed by atoms with Crippen LogP contribution in [-0.2, 0) is 0 Å². The van der Waals surface area contributed by atoms with Crippen molar-refractivity contribution in [2.45, 2.75) is 26.0 Å². The lowest BCUT2D eigenvalue weighted by Crippen LogP contribution is -2.31. The molecule has 1 rings (SSSR count). The van der Waals surface area contributed by atoms with Crippen LogP contribution >= 0.6 is 12.4 Å². The molecular formula is C11H16ClF2NO. The van der Waals surface area contributed by atoms with Crippen LogP contribution in [0.15, 0.2) is 18.2 Å². The smallest absolute Gasteiger partial charge is 0.130 e. The third-order valence-electron chi connectivity index (χ3n) is 2.37. The summed E-state index contributed by atoms with van der Waals surface area (Å²) in [5, 5.41) is 9.66. The highest BCUT2D eigenvalue weighted by Crippen LogP contribution is 2.22. The van der Waals surface area contributed by atoms with Crippen molar-refractivity contribution < 1.29 is 13.9 Å². The van der Waals surface area contributed by atoms with Gasteiger partial charge in [0, 0.05) is 11.6 Å². The molecule has 3 N–H and O–H groups in total. The molecule has 0 heterocycles. The first-order chi connectivity index (χ1) is 6.93. The van der Waals surface area contributed by atoms with E-state index in [1.807, 2.05) is 0 Å². The maximum Gasteiger partial charge on any atom is 0.130 e. The zero-order valence-electron chi connectivity index (χ0n) is 9.15. The Hall–Kier alpha value is -0.710. The summed E-state index contributed by atoms with van der Waals surface area (Å²) >= 11 is 0. The molecule has 0 saturated carbocycles. The van der Waals surface area contributed by atoms with Crippen LogP contribution < -0.4 is 5.73 Å². The van der Waals surface area contributed by atoms with E-state index in [9.17, 15) is 13.9 Å². The number of aliphatic hydroxyl groups is 1. The molecular weight excluding hydrogens is 236 g/mol. The van der Waals surface area contributed by atoms with E-state index in [-0.39, 0.29) is 23.9 Å². The molecule has 0 aliphatic carbocycles. The Labute approximate surface area is 99.9 Å². The molecule has 16 heavy (non-hydrogen) atoms. The maximum atomic E-state index is 13.3. The number of aliphatic hydroxyl groups excluding tert-OH is 1. The third-order valence-corrected chi connectivity index (χ3v) is 2.37. The van der Waals surface area contributed by atoms with E-state index in [0.717, 1.165) is 12.1 Å². The summed E-state index contributed by atoms with van der Waals surface area (Å²) in [5.74, 6) is -1.45. The second-order valence-electron chi connectivity index (χ2n) is 3.93. The minimum absolute atomic E-state index is 0. The molecule has 0 amide bonds. The van der Waals surface area contributed by atoms with Crippen molar-refractivity contribution >= 4 is 12.4 Å². The highest BCUT2D eigenvalue weighted by atomic mass is 35.5. The van der Waals surface area contributed by atoms with Gasteiger partial charge in [0.05, 0.1) is 12.1 Å². The number of benzene rings is 1. The van der Waals surface area contributed by atoms with Gasteiger partial charge in [-0.15, -0.1) is 12.4 Å². The van der Waals surface area contributed by atoms with Crippen LogP contribution in [0.3, 0.4) is 0 Å². The molecule has 5 heteroatoms. The zero-order valence-corrected chi connectivity index (χ0v) is 9.97. The van der Waals surface area contributed by atoms with Gasteiger partial charge in [0.2, 0.25) is 0 Å². The van der Waals surface area contributed by atoms with Gasteiger partial charge in [-0.3, -0.25) is 0 Å². The van der Waals surface area contributed by atoms with Crippen LogP contribution in [0.2, 0.25) is 0 Å². The number of hydrogen-bond acceptors (Lipinski definition) is 2. The van der Waals surface area contributed by atoms with Crippen LogP contribution in [0.5, 0.6) is 0 Å². The predicted octanol–water partition coefficient (Wildman–Crippen LogP) is 2.40. The van der Waals surface area contributed by atoms with Gasteiger partial charge in [0.25, 0.3) is 0 Å². The van der Waals surface area contributed by atoms with Gasteiger partial charge in [-0.05, 0) is 12.0 Å². The fraction of sp³-hybridized carbons (Fsp3) is 0.455. The summed E-state index contributed by atoms with van der Waals surface area (Å²) in [4.78, 5) is 0. The van der Waals surface area contributed by atoms with E-state index in [4.69, 9.17) is 5.73 Å². The first-order valence-electron chi connectivity index (χ1n) is 4.82. The largest absolute Gasteiger partial charge is 0.391 e. The van der Waals surface area contributed by atoms with Crippen molar-refractivity contribution in [3.63, 3.8) is 0 Å². The van der Waals surface area contributed by atoms with Crippen LogP contribution in [0, 0.1) is 17.6 Å². The van der Waals surface area contributed by atoms with Gasteiger partial charge in [-0.25, -0.2) is 8.78 Å². The number of nitrogens with two attached hydrogens (primary N) is 1. The minimum atomic E-state index is -0.843. The van der Waals surface area contributed by atoms with Crippen molar-refractivity contribution in [2.24, 2.45) is 11.7 Å². The second-order valence-corrected chi connectivity index (χ2v) is 3.93. The summed E-state index contributed by atoms with van der Waals surface area (Å²) in [6.45, 7) is 3.57. The fourth-order valence-electron chi connectivity index (χ4n) is 1.37. The number of hydrogen-bond donors (Lipinski definition) is 2. The normalized spacial score (nSPS) is 14.4. The number of halogens is 3. The molecule has 0 aliphatic heterocycles. The summed E-state index contributed by atoms with van der Waals surface area (Å²) in [6, 6.07) is 2.33. The Morgan fingerprint density at radius 2 is 1.81 bits per heavy atom. The van der Waals surface area contributed by atoms with E-state index in [1.54, 1.807) is 13.8 Å². The lowest BCUT2D eigenvalue weighted by Gasteiger charge is -2.22. The molecule has 2 atom stereocenters. The third kappa shape index (κ3) is 3.40. The maximum absolute atomic E-state index is 13.3. The van der Waals surface area contributed by atoms with Gasteiger partial charge in [0.1, 0.15) is 11.6 Å². The van der Waals surface area contributed by atoms with E-state index in [0.29, 0.717) is 0 Å². The molecule has 0 radical (unpaired) electrons. The molecule has 0 saturated heterocycles. The van der Waals surface area contributed by atoms with E-state index in [2.05, 4.69) is 0 Å². The standard InChI is InChI=1S/C11H15F2NO.ClH/c1-6(2)11(15)10(14)8-4-3-7(12)5-9(8)13;/h3-6,10-11,15H,14H2,1-2H3;1H/t10-,11+;/m1./s1. The van der Waals surface area contributed by atoms with E-state index in [1.165, 1.54) is 6.07 Å². The Bertz CT molecular complexity index is 347. The van der Waals surface area contributed by atoms with Crippen molar-refractivity contribution in [3.05, 3.63) is 35.4 Å². The minimum Gasteiger partial charge on any atom is -0.391 e. The Balaban J connectivity index is 0.00000225. The average molecular weight is 252 g/mol. The molecule has 0 aliphatic rings. The van der Waals surface area contributed by atoms with Crippen molar-refractivity contribution in [2.75, 3.05) is 0 Å². The van der Waals surface area contributed by atoms with Crippen LogP contribution in [0.25, 0.3) is 0 Å². The summed E-state index contributed by atoms with van der Waals surface area (Å²) in [5.41, 5.74) is 5.81. The predicted molar refractivity (Wildman–Crippen MR) is 61.4 cm³/mol. The lowest BCUT2D eigenvalue weighted by atomic mass is 9.94. The van der Waals surface area contributed by atoms with Crippen LogP contribution in [0.1, 0.15) is 25.5 Å². The first-order valence-corrected chi connectivity index (χ1v) is 4.82. The second kappa shape index (κ2) is 6.13. The molecule has 2 nitrogen and oxygen atoms in total. The molecule has 0 unspecified atom stereocenters. The van der Waals surface area contributed by atoms with Crippen LogP contribution in [-0.4, -0.2) is 11.2 Å². The van der Waals surface area contributed by atoms with Gasteiger partial charge in [-0.1, -0.05) is 19.9 Å². The van der Waals surface area contributed by atoms with Crippen molar-refractivity contribution in [1.29, 1.82) is 0 Å². The quantitative estimate of drug-likeness (QED) is 0.867. The average Bonchev–Trinajstić information content (AvgIpc) is 2.15. The first kappa shape index (κ1) is 15.3.